The Labute approximate surface area is 442 Å². The highest BCUT2D eigenvalue weighted by molar-refractivity contribution is 5.96. The second-order valence-electron chi connectivity index (χ2n) is 21.1. The van der Waals surface area contributed by atoms with E-state index >= 15 is 0 Å². The number of fused-ring (bicyclic) bond motifs is 2. The van der Waals surface area contributed by atoms with Gasteiger partial charge in [-0.15, -0.1) is 13.2 Å². The van der Waals surface area contributed by atoms with E-state index in [4.69, 9.17) is 37.9 Å². The van der Waals surface area contributed by atoms with Crippen molar-refractivity contribution >= 4 is 57.7 Å². The fourth-order valence-electron chi connectivity index (χ4n) is 9.46. The molecule has 8 rings (SSSR count). The third-order valence-electron chi connectivity index (χ3n) is 13.4. The molecule has 4 fully saturated rings. The molecule has 2 aliphatic heterocycles. The first-order valence-electron chi connectivity index (χ1n) is 25.4. The van der Waals surface area contributed by atoms with E-state index in [0.29, 0.717) is 46.9 Å². The number of carbonyl (C=O) groups is 6. The second kappa shape index (κ2) is 22.7. The SMILES string of the molecule is C=C[C@@H]1C[C@]1(NC(=O)[C@@H]1C[C@@H](Oc2ccnc3cc(OC)ccc23)CN1C(=O)OC(C)(C)C)C(=O)OCC.C=C[C@H]1C[C@]1(NC(=O)[C@@H]1C[C@@H](Oc2ccnc3cc(OC)ccc23)CN1C(=O)OC(C)(C)C)C(=O)OCC. The molecule has 76 heavy (non-hydrogen) atoms. The maximum atomic E-state index is 13.6. The number of hydrogen-bond donors (Lipinski definition) is 2. The molecule has 8 atom stereocenters. The Morgan fingerprint density at radius 2 is 1.01 bits per heavy atom. The van der Waals surface area contributed by atoms with E-state index in [1.165, 1.54) is 9.80 Å². The number of rotatable bonds is 16. The molecule has 4 aromatic rings. The maximum Gasteiger partial charge on any atom is 0.411 e. The second-order valence-corrected chi connectivity index (χ2v) is 21.1. The Morgan fingerprint density at radius 1 is 0.632 bits per heavy atom. The van der Waals surface area contributed by atoms with Gasteiger partial charge in [-0.25, -0.2) is 19.2 Å². The monoisotopic (exact) mass is 1050 g/mol. The Hall–Kier alpha value is -7.64. The van der Waals surface area contributed by atoms with Crippen LogP contribution in [0.3, 0.4) is 0 Å². The molecule has 0 spiro atoms. The minimum Gasteiger partial charge on any atom is -0.497 e. The summed E-state index contributed by atoms with van der Waals surface area (Å²) in [4.78, 5) is 90.3. The quantitative estimate of drug-likeness (QED) is 0.0639. The minimum absolute atomic E-state index is 0.129. The molecule has 20 nitrogen and oxygen atoms in total. The molecule has 4 heterocycles. The van der Waals surface area contributed by atoms with Gasteiger partial charge in [0.05, 0.1) is 51.6 Å². The van der Waals surface area contributed by atoms with Crippen LogP contribution >= 0.6 is 0 Å². The van der Waals surface area contributed by atoms with Gasteiger partial charge in [0.15, 0.2) is 0 Å². The van der Waals surface area contributed by atoms with Gasteiger partial charge in [0.2, 0.25) is 11.8 Å². The maximum absolute atomic E-state index is 13.6. The fourth-order valence-corrected chi connectivity index (χ4v) is 9.46. The van der Waals surface area contributed by atoms with Crippen molar-refractivity contribution < 1.29 is 66.7 Å². The Bertz CT molecular complexity index is 2670. The molecule has 20 heteroatoms. The van der Waals surface area contributed by atoms with Crippen molar-refractivity contribution in [3.05, 3.63) is 86.2 Å². The number of likely N-dealkylation sites (tertiary alicyclic amines) is 2. The van der Waals surface area contributed by atoms with Crippen LogP contribution in [0.1, 0.15) is 81.1 Å². The van der Waals surface area contributed by atoms with Gasteiger partial charge < -0.3 is 48.5 Å². The van der Waals surface area contributed by atoms with Gasteiger partial charge in [-0.1, -0.05) is 12.2 Å². The molecule has 2 N–H and O–H groups in total. The van der Waals surface area contributed by atoms with E-state index < -0.39 is 82.5 Å². The lowest BCUT2D eigenvalue weighted by Gasteiger charge is -2.28. The van der Waals surface area contributed by atoms with Crippen LogP contribution in [0.25, 0.3) is 21.8 Å². The average Bonchev–Trinajstić information content (AvgIpc) is 4.15. The fraction of sp³-hybridized carbons (Fsp3) is 0.500. The number of pyridine rings is 2. The van der Waals surface area contributed by atoms with Crippen LogP contribution in [0.4, 0.5) is 9.59 Å². The van der Waals surface area contributed by atoms with Crippen LogP contribution in [-0.4, -0.2) is 143 Å². The molecule has 2 saturated heterocycles. The van der Waals surface area contributed by atoms with E-state index in [1.54, 1.807) is 118 Å². The van der Waals surface area contributed by atoms with Crippen LogP contribution in [0.15, 0.2) is 86.2 Å². The lowest BCUT2D eigenvalue weighted by Crippen LogP contribution is -2.53. The number of ether oxygens (including phenoxy) is 8. The highest BCUT2D eigenvalue weighted by atomic mass is 16.6. The summed E-state index contributed by atoms with van der Waals surface area (Å²) in [6.07, 6.45) is 5.48. The number of methoxy groups -OCH3 is 2. The molecule has 4 amide bonds. The highest BCUT2D eigenvalue weighted by Crippen LogP contribution is 2.47. The number of benzene rings is 2. The summed E-state index contributed by atoms with van der Waals surface area (Å²) in [6, 6.07) is 12.6. The predicted octanol–water partition coefficient (Wildman–Crippen LogP) is 7.25. The minimum atomic E-state index is -1.17. The first kappa shape index (κ1) is 56.1. The standard InChI is InChI=1S/2C28H35N3O7/c2*1-7-17-15-28(17,25(33)36-8-2)30-24(32)22-14-19(16-31(22)26(34)38-27(3,4)5)37-23-11-12-29-21-13-18(35-6)9-10-20(21)23/h2*7,9-13,17,19,22H,1,8,14-16H2,2-6H3,(H,30,32)/t17-,19+,22-,28+;17-,19-,22+,28-/m01/s1. The molecule has 0 radical (unpaired) electrons. The largest absolute Gasteiger partial charge is 0.497 e. The average molecular weight is 1050 g/mol. The van der Waals surface area contributed by atoms with Gasteiger partial charge in [0, 0.05) is 60.0 Å². The summed E-state index contributed by atoms with van der Waals surface area (Å²) in [5.41, 5.74) is -2.47. The lowest BCUT2D eigenvalue weighted by atomic mass is 10.1. The summed E-state index contributed by atoms with van der Waals surface area (Å²) in [5.74, 6) is 0.0526. The van der Waals surface area contributed by atoms with E-state index in [1.807, 2.05) is 24.3 Å². The van der Waals surface area contributed by atoms with Crippen molar-refractivity contribution in [2.24, 2.45) is 11.8 Å². The predicted molar refractivity (Wildman–Crippen MR) is 280 cm³/mol. The van der Waals surface area contributed by atoms with Gasteiger partial charge in [-0.05, 0) is 105 Å². The zero-order valence-corrected chi connectivity index (χ0v) is 45.0. The number of nitrogens with zero attached hydrogens (tertiary/aromatic N) is 4. The third-order valence-corrected chi connectivity index (χ3v) is 13.4. The first-order valence-corrected chi connectivity index (χ1v) is 25.4. The molecule has 0 bridgehead atoms. The molecule has 408 valence electrons. The normalized spacial score (nSPS) is 24.4. The van der Waals surface area contributed by atoms with Gasteiger partial charge in [-0.3, -0.25) is 29.4 Å². The van der Waals surface area contributed by atoms with Crippen molar-refractivity contribution in [2.75, 3.05) is 40.5 Å². The zero-order valence-electron chi connectivity index (χ0n) is 45.0. The van der Waals surface area contributed by atoms with E-state index in [2.05, 4.69) is 33.8 Å². The summed E-state index contributed by atoms with van der Waals surface area (Å²) in [5, 5.41) is 7.26. The van der Waals surface area contributed by atoms with Crippen LogP contribution in [-0.2, 0) is 38.1 Å². The molecule has 2 saturated carbocycles. The molecule has 2 aliphatic carbocycles. The van der Waals surface area contributed by atoms with Gasteiger partial charge in [0.1, 0.15) is 69.6 Å². The van der Waals surface area contributed by atoms with E-state index in [9.17, 15) is 28.8 Å². The van der Waals surface area contributed by atoms with Gasteiger partial charge >= 0.3 is 24.1 Å². The molecule has 0 unspecified atom stereocenters. The van der Waals surface area contributed by atoms with Crippen LogP contribution in [0.2, 0.25) is 0 Å². The Balaban J connectivity index is 0.000000221. The van der Waals surface area contributed by atoms with Crippen molar-refractivity contribution in [1.82, 2.24) is 30.4 Å². The van der Waals surface area contributed by atoms with Crippen LogP contribution in [0, 0.1) is 11.8 Å². The van der Waals surface area contributed by atoms with Crippen LogP contribution in [0.5, 0.6) is 23.0 Å². The van der Waals surface area contributed by atoms with Crippen LogP contribution < -0.4 is 29.6 Å². The van der Waals surface area contributed by atoms with E-state index in [-0.39, 0.29) is 51.0 Å². The third kappa shape index (κ3) is 12.5. The number of hydrogen-bond acceptors (Lipinski definition) is 16. The summed E-state index contributed by atoms with van der Waals surface area (Å²) in [6.45, 7) is 22.1. The van der Waals surface area contributed by atoms with E-state index in [0.717, 1.165) is 10.8 Å². The smallest absolute Gasteiger partial charge is 0.411 e. The van der Waals surface area contributed by atoms with Crippen molar-refractivity contribution in [1.29, 1.82) is 0 Å². The zero-order chi connectivity index (χ0) is 55.3. The molecular weight excluding hydrogens is 981 g/mol. The Kier molecular flexibility index (Phi) is 16.7. The summed E-state index contributed by atoms with van der Waals surface area (Å²) in [7, 11) is 3.17. The number of aromatic nitrogens is 2. The summed E-state index contributed by atoms with van der Waals surface area (Å²) < 4.78 is 44.8. The van der Waals surface area contributed by atoms with Gasteiger partial charge in [-0.2, -0.15) is 0 Å². The molecule has 2 aromatic heterocycles. The molecular formula is C56H70N6O14. The molecule has 4 aliphatic rings. The Morgan fingerprint density at radius 3 is 1.33 bits per heavy atom. The lowest BCUT2D eigenvalue weighted by molar-refractivity contribution is -0.150. The highest BCUT2D eigenvalue weighted by Gasteiger charge is 2.63. The van der Waals surface area contributed by atoms with Crippen molar-refractivity contribution in [2.45, 2.75) is 128 Å². The number of esters is 2. The summed E-state index contributed by atoms with van der Waals surface area (Å²) >= 11 is 0. The van der Waals surface area contributed by atoms with Crippen molar-refractivity contribution in [3.63, 3.8) is 0 Å². The number of nitrogens with one attached hydrogen (secondary N) is 2. The number of amides is 4. The van der Waals surface area contributed by atoms with Crippen molar-refractivity contribution in [3.8, 4) is 23.0 Å². The van der Waals surface area contributed by atoms with Gasteiger partial charge in [0.25, 0.3) is 0 Å². The number of carbonyl (C=O) groups excluding carboxylic acids is 6. The first-order chi connectivity index (χ1) is 36.0. The molecule has 2 aromatic carbocycles. The topological polar surface area (TPSA) is 233 Å².